The molecule has 0 radical (unpaired) electrons. The molecule has 3 aromatic rings. The molecule has 1 heterocycles. The first-order valence-electron chi connectivity index (χ1n) is 7.60. The van der Waals surface area contributed by atoms with Crippen LogP contribution in [0.4, 0.5) is 0 Å². The van der Waals surface area contributed by atoms with Gasteiger partial charge in [-0.3, -0.25) is 4.79 Å². The molecule has 3 rings (SSSR count). The molecule has 0 bridgehead atoms. The second-order valence-corrected chi connectivity index (χ2v) is 7.65. The molecule has 1 amide bonds. The van der Waals surface area contributed by atoms with E-state index in [2.05, 4.69) is 16.4 Å². The Bertz CT molecular complexity index is 753. The fourth-order valence-corrected chi connectivity index (χ4v) is 4.50. The molecular formula is C18H18N2OS2. The van der Waals surface area contributed by atoms with Gasteiger partial charge in [0.25, 0.3) is 0 Å². The van der Waals surface area contributed by atoms with Gasteiger partial charge in [0.1, 0.15) is 0 Å². The third-order valence-electron chi connectivity index (χ3n) is 3.49. The number of hydrogen-bond donors (Lipinski definition) is 1. The number of thioether (sulfide) groups is 1. The van der Waals surface area contributed by atoms with E-state index in [1.54, 1.807) is 23.1 Å². The lowest BCUT2D eigenvalue weighted by molar-refractivity contribution is -0.120. The van der Waals surface area contributed by atoms with E-state index in [1.165, 1.54) is 0 Å². The van der Waals surface area contributed by atoms with E-state index in [-0.39, 0.29) is 11.2 Å². The molecule has 23 heavy (non-hydrogen) atoms. The van der Waals surface area contributed by atoms with Crippen molar-refractivity contribution in [3.8, 4) is 0 Å². The van der Waals surface area contributed by atoms with Gasteiger partial charge >= 0.3 is 0 Å². The van der Waals surface area contributed by atoms with E-state index in [0.717, 1.165) is 26.5 Å². The van der Waals surface area contributed by atoms with E-state index in [4.69, 9.17) is 0 Å². The fraction of sp³-hybridized carbons (Fsp3) is 0.222. The van der Waals surface area contributed by atoms with Gasteiger partial charge in [-0.25, -0.2) is 4.98 Å². The van der Waals surface area contributed by atoms with Gasteiger partial charge in [-0.1, -0.05) is 61.2 Å². The number of thiazole rings is 1. The smallest absolute Gasteiger partial charge is 0.233 e. The summed E-state index contributed by atoms with van der Waals surface area (Å²) in [7, 11) is 0. The van der Waals surface area contributed by atoms with Crippen LogP contribution in [0.1, 0.15) is 18.9 Å². The van der Waals surface area contributed by atoms with Crippen molar-refractivity contribution < 1.29 is 4.79 Å². The van der Waals surface area contributed by atoms with Gasteiger partial charge in [0.05, 0.1) is 15.5 Å². The fourth-order valence-electron chi connectivity index (χ4n) is 2.24. The predicted molar refractivity (Wildman–Crippen MR) is 97.8 cm³/mol. The molecule has 1 N–H and O–H groups in total. The zero-order chi connectivity index (χ0) is 16.1. The third-order valence-corrected chi connectivity index (χ3v) is 5.98. The van der Waals surface area contributed by atoms with Crippen LogP contribution in [0.5, 0.6) is 0 Å². The number of aromatic nitrogens is 1. The van der Waals surface area contributed by atoms with Gasteiger partial charge < -0.3 is 5.32 Å². The Morgan fingerprint density at radius 1 is 1.17 bits per heavy atom. The van der Waals surface area contributed by atoms with Gasteiger partial charge in [-0.15, -0.1) is 11.3 Å². The summed E-state index contributed by atoms with van der Waals surface area (Å²) in [6, 6.07) is 18.0. The summed E-state index contributed by atoms with van der Waals surface area (Å²) >= 11 is 3.20. The molecule has 0 fully saturated rings. The maximum atomic E-state index is 12.4. The van der Waals surface area contributed by atoms with E-state index in [9.17, 15) is 4.79 Å². The standard InChI is InChI=1S/C18H18N2OS2/c1-2-15(17(21)19-12-13-8-4-3-5-9-13)22-18-20-14-10-6-7-11-16(14)23-18/h3-11,15H,2,12H2,1H3,(H,19,21). The zero-order valence-electron chi connectivity index (χ0n) is 12.9. The summed E-state index contributed by atoms with van der Waals surface area (Å²) in [6.45, 7) is 2.60. The molecule has 5 heteroatoms. The largest absolute Gasteiger partial charge is 0.351 e. The first kappa shape index (κ1) is 16.0. The van der Waals surface area contributed by atoms with Crippen molar-refractivity contribution in [3.63, 3.8) is 0 Å². The number of para-hydroxylation sites is 1. The highest BCUT2D eigenvalue weighted by atomic mass is 32.2. The molecule has 0 aliphatic rings. The lowest BCUT2D eigenvalue weighted by Crippen LogP contribution is -2.31. The minimum Gasteiger partial charge on any atom is -0.351 e. The topological polar surface area (TPSA) is 42.0 Å². The van der Waals surface area contributed by atoms with E-state index in [0.29, 0.717) is 6.54 Å². The maximum absolute atomic E-state index is 12.4. The Labute approximate surface area is 144 Å². The molecule has 0 saturated carbocycles. The van der Waals surface area contributed by atoms with Crippen LogP contribution >= 0.6 is 23.1 Å². The number of rotatable bonds is 6. The lowest BCUT2D eigenvalue weighted by Gasteiger charge is -2.13. The molecule has 118 valence electrons. The number of nitrogens with one attached hydrogen (secondary N) is 1. The Hall–Kier alpha value is -1.85. The number of carbonyl (C=O) groups is 1. The van der Waals surface area contributed by atoms with E-state index in [1.807, 2.05) is 55.5 Å². The average molecular weight is 342 g/mol. The third kappa shape index (κ3) is 4.12. The monoisotopic (exact) mass is 342 g/mol. The van der Waals surface area contributed by atoms with Crippen molar-refractivity contribution in [3.05, 3.63) is 60.2 Å². The highest BCUT2D eigenvalue weighted by Crippen LogP contribution is 2.33. The molecule has 1 unspecified atom stereocenters. The predicted octanol–water partition coefficient (Wildman–Crippen LogP) is 4.48. The van der Waals surface area contributed by atoms with Gasteiger partial charge in [-0.05, 0) is 24.1 Å². The molecule has 0 aliphatic heterocycles. The first-order valence-corrected chi connectivity index (χ1v) is 9.29. The summed E-state index contributed by atoms with van der Waals surface area (Å²) in [5.74, 6) is 0.0700. The molecule has 0 spiro atoms. The first-order chi connectivity index (χ1) is 11.3. The summed E-state index contributed by atoms with van der Waals surface area (Å²) < 4.78 is 2.11. The van der Waals surface area contributed by atoms with Crippen LogP contribution in [0, 0.1) is 0 Å². The number of carbonyl (C=O) groups excluding carboxylic acids is 1. The van der Waals surface area contributed by atoms with Crippen molar-refractivity contribution in [2.75, 3.05) is 0 Å². The SMILES string of the molecule is CCC(Sc1nc2ccccc2s1)C(=O)NCc1ccccc1. The van der Waals surface area contributed by atoms with Crippen LogP contribution in [0.3, 0.4) is 0 Å². The molecule has 1 atom stereocenters. The van der Waals surface area contributed by atoms with Crippen LogP contribution < -0.4 is 5.32 Å². The summed E-state index contributed by atoms with van der Waals surface area (Å²) in [5.41, 5.74) is 2.11. The van der Waals surface area contributed by atoms with Crippen LogP contribution in [-0.4, -0.2) is 16.1 Å². The molecule has 0 saturated heterocycles. The Morgan fingerprint density at radius 3 is 2.65 bits per heavy atom. The molecule has 2 aromatic carbocycles. The van der Waals surface area contributed by atoms with Crippen molar-refractivity contribution in [1.82, 2.24) is 10.3 Å². The Kier molecular flexibility index (Phi) is 5.31. The Morgan fingerprint density at radius 2 is 1.91 bits per heavy atom. The number of amides is 1. The van der Waals surface area contributed by atoms with E-state index >= 15 is 0 Å². The minimum absolute atomic E-state index is 0.0700. The second-order valence-electron chi connectivity index (χ2n) is 5.17. The maximum Gasteiger partial charge on any atom is 0.233 e. The van der Waals surface area contributed by atoms with Gasteiger partial charge in [0.2, 0.25) is 5.91 Å². The van der Waals surface area contributed by atoms with Crippen LogP contribution in [0.25, 0.3) is 10.2 Å². The number of fused-ring (bicyclic) bond motifs is 1. The summed E-state index contributed by atoms with van der Waals surface area (Å²) in [5, 5.41) is 2.91. The van der Waals surface area contributed by atoms with Gasteiger partial charge in [-0.2, -0.15) is 0 Å². The summed E-state index contributed by atoms with van der Waals surface area (Å²) in [4.78, 5) is 17.0. The quantitative estimate of drug-likeness (QED) is 0.671. The van der Waals surface area contributed by atoms with Crippen LogP contribution in [-0.2, 0) is 11.3 Å². The van der Waals surface area contributed by atoms with Crippen LogP contribution in [0.2, 0.25) is 0 Å². The second kappa shape index (κ2) is 7.62. The van der Waals surface area contributed by atoms with Crippen molar-refractivity contribution in [1.29, 1.82) is 0 Å². The van der Waals surface area contributed by atoms with Crippen molar-refractivity contribution >= 4 is 39.2 Å². The molecule has 1 aromatic heterocycles. The van der Waals surface area contributed by atoms with Gasteiger partial charge in [0.15, 0.2) is 4.34 Å². The lowest BCUT2D eigenvalue weighted by atomic mass is 10.2. The van der Waals surface area contributed by atoms with Gasteiger partial charge in [0, 0.05) is 6.54 Å². The normalized spacial score (nSPS) is 12.2. The van der Waals surface area contributed by atoms with Crippen LogP contribution in [0.15, 0.2) is 58.9 Å². The molecule has 0 aliphatic carbocycles. The van der Waals surface area contributed by atoms with Crippen molar-refractivity contribution in [2.45, 2.75) is 29.5 Å². The number of benzene rings is 2. The van der Waals surface area contributed by atoms with E-state index < -0.39 is 0 Å². The number of hydrogen-bond acceptors (Lipinski definition) is 4. The highest BCUT2D eigenvalue weighted by Gasteiger charge is 2.19. The average Bonchev–Trinajstić information content (AvgIpc) is 3.01. The zero-order valence-corrected chi connectivity index (χ0v) is 14.5. The number of nitrogens with zero attached hydrogens (tertiary/aromatic N) is 1. The summed E-state index contributed by atoms with van der Waals surface area (Å²) in [6.07, 6.45) is 0.779. The Balaban J connectivity index is 1.63. The molecule has 3 nitrogen and oxygen atoms in total. The van der Waals surface area contributed by atoms with Crippen molar-refractivity contribution in [2.24, 2.45) is 0 Å². The highest BCUT2D eigenvalue weighted by molar-refractivity contribution is 8.02. The minimum atomic E-state index is -0.112. The molecular weight excluding hydrogens is 324 g/mol.